The lowest BCUT2D eigenvalue weighted by Gasteiger charge is -2.31. The SMILES string of the molecule is C=Cc1ccc(CN(c2ccc(N)cc2)C(C)CC)cc1.Nc1nc(Cl)c(C=O)s1. The van der Waals surface area contributed by atoms with E-state index in [1.165, 1.54) is 11.3 Å². The van der Waals surface area contributed by atoms with Gasteiger partial charge >= 0.3 is 0 Å². The number of rotatable bonds is 7. The lowest BCUT2D eigenvalue weighted by Crippen LogP contribution is -2.32. The molecular formula is C23H27ClN4OS. The Balaban J connectivity index is 0.000000297. The molecule has 158 valence electrons. The van der Waals surface area contributed by atoms with E-state index in [9.17, 15) is 4.79 Å². The number of aromatic nitrogens is 1. The van der Waals surface area contributed by atoms with E-state index >= 15 is 0 Å². The van der Waals surface area contributed by atoms with E-state index in [4.69, 9.17) is 23.1 Å². The van der Waals surface area contributed by atoms with Crippen molar-refractivity contribution >= 4 is 51.8 Å². The van der Waals surface area contributed by atoms with Gasteiger partial charge in [0.15, 0.2) is 16.6 Å². The zero-order chi connectivity index (χ0) is 22.1. The molecule has 0 aliphatic heterocycles. The largest absolute Gasteiger partial charge is 0.399 e. The van der Waals surface area contributed by atoms with Gasteiger partial charge in [-0.05, 0) is 48.7 Å². The molecule has 3 rings (SSSR count). The quantitative estimate of drug-likeness (QED) is 0.351. The standard InChI is InChI=1S/C19H24N2.C4H3ClN2OS/c1-4-15(3)21(19-12-10-18(20)11-13-19)14-17-8-6-16(5-2)7-9-17;5-3-2(1-8)9-4(6)7-3/h5-13,15H,2,4,14,20H2,1,3H3;1H,(H2,6,7). The zero-order valence-corrected chi connectivity index (χ0v) is 18.8. The predicted octanol–water partition coefficient (Wildman–Crippen LogP) is 5.91. The van der Waals surface area contributed by atoms with Crippen LogP contribution in [0.25, 0.3) is 6.08 Å². The fourth-order valence-corrected chi connectivity index (χ4v) is 3.59. The third kappa shape index (κ3) is 6.61. The first-order valence-corrected chi connectivity index (χ1v) is 10.8. The summed E-state index contributed by atoms with van der Waals surface area (Å²) in [5, 5.41) is 0.509. The highest BCUT2D eigenvalue weighted by Gasteiger charge is 2.13. The van der Waals surface area contributed by atoms with Gasteiger partial charge in [-0.1, -0.05) is 66.8 Å². The summed E-state index contributed by atoms with van der Waals surface area (Å²) in [6, 6.07) is 17.2. The topological polar surface area (TPSA) is 85.2 Å². The van der Waals surface area contributed by atoms with Gasteiger partial charge in [-0.25, -0.2) is 4.98 Å². The van der Waals surface area contributed by atoms with Crippen molar-refractivity contribution in [2.24, 2.45) is 0 Å². The van der Waals surface area contributed by atoms with Crippen LogP contribution in [0.2, 0.25) is 5.15 Å². The molecular weight excluding hydrogens is 416 g/mol. The van der Waals surface area contributed by atoms with Gasteiger partial charge in [-0.3, -0.25) is 4.79 Å². The van der Waals surface area contributed by atoms with Crippen molar-refractivity contribution in [3.63, 3.8) is 0 Å². The number of nitrogen functional groups attached to an aromatic ring is 2. The third-order valence-corrected chi connectivity index (χ3v) is 5.86. The molecule has 1 aromatic heterocycles. The summed E-state index contributed by atoms with van der Waals surface area (Å²) < 4.78 is 0. The molecule has 0 bridgehead atoms. The Bertz CT molecular complexity index is 954. The fourth-order valence-electron chi connectivity index (χ4n) is 2.75. The summed E-state index contributed by atoms with van der Waals surface area (Å²) in [5.41, 5.74) is 15.5. The van der Waals surface area contributed by atoms with Crippen LogP contribution < -0.4 is 16.4 Å². The number of nitrogens with two attached hydrogens (primary N) is 2. The molecule has 0 spiro atoms. The summed E-state index contributed by atoms with van der Waals surface area (Å²) >= 11 is 6.51. The Morgan fingerprint density at radius 3 is 2.23 bits per heavy atom. The molecule has 0 aliphatic rings. The van der Waals surface area contributed by atoms with Crippen LogP contribution in [0.15, 0.2) is 55.1 Å². The number of thiazole rings is 1. The normalized spacial score (nSPS) is 11.2. The van der Waals surface area contributed by atoms with Crippen LogP contribution >= 0.6 is 22.9 Å². The lowest BCUT2D eigenvalue weighted by molar-refractivity contribution is 0.112. The van der Waals surface area contributed by atoms with Gasteiger partial charge in [-0.15, -0.1) is 0 Å². The van der Waals surface area contributed by atoms with E-state index in [1.807, 2.05) is 18.2 Å². The summed E-state index contributed by atoms with van der Waals surface area (Å²) in [6.07, 6.45) is 3.61. The van der Waals surface area contributed by atoms with Crippen LogP contribution in [0.3, 0.4) is 0 Å². The van der Waals surface area contributed by atoms with Crippen molar-refractivity contribution in [3.05, 3.63) is 76.3 Å². The minimum Gasteiger partial charge on any atom is -0.399 e. The maximum absolute atomic E-state index is 10.1. The molecule has 0 saturated carbocycles. The van der Waals surface area contributed by atoms with E-state index < -0.39 is 0 Å². The number of carbonyl (C=O) groups is 1. The molecule has 4 N–H and O–H groups in total. The van der Waals surface area contributed by atoms with Gasteiger partial charge in [-0.2, -0.15) is 0 Å². The van der Waals surface area contributed by atoms with Crippen LogP contribution in [-0.4, -0.2) is 17.3 Å². The number of carbonyl (C=O) groups excluding carboxylic acids is 1. The molecule has 0 amide bonds. The average molecular weight is 443 g/mol. The number of halogens is 1. The second-order valence-corrected chi connectivity index (χ2v) is 8.17. The van der Waals surface area contributed by atoms with Crippen LogP contribution in [0, 0.1) is 0 Å². The first kappa shape index (κ1) is 23.4. The molecule has 1 heterocycles. The Kier molecular flexibility index (Phi) is 8.89. The van der Waals surface area contributed by atoms with Gasteiger partial charge < -0.3 is 16.4 Å². The first-order chi connectivity index (χ1) is 14.4. The van der Waals surface area contributed by atoms with E-state index in [2.05, 4.69) is 66.7 Å². The van der Waals surface area contributed by atoms with Gasteiger partial charge in [0, 0.05) is 24.0 Å². The highest BCUT2D eigenvalue weighted by molar-refractivity contribution is 7.17. The zero-order valence-electron chi connectivity index (χ0n) is 17.2. The molecule has 7 heteroatoms. The molecule has 2 aromatic carbocycles. The van der Waals surface area contributed by atoms with Crippen molar-refractivity contribution in [1.82, 2.24) is 4.98 Å². The van der Waals surface area contributed by atoms with Gasteiger partial charge in [0.05, 0.1) is 0 Å². The van der Waals surface area contributed by atoms with Crippen molar-refractivity contribution in [3.8, 4) is 0 Å². The molecule has 3 aromatic rings. The maximum Gasteiger partial charge on any atom is 0.182 e. The predicted molar refractivity (Wildman–Crippen MR) is 130 cm³/mol. The number of benzene rings is 2. The first-order valence-electron chi connectivity index (χ1n) is 9.58. The number of aldehydes is 1. The van der Waals surface area contributed by atoms with Crippen molar-refractivity contribution in [2.75, 3.05) is 16.4 Å². The maximum atomic E-state index is 10.1. The van der Waals surface area contributed by atoms with E-state index in [1.54, 1.807) is 0 Å². The molecule has 5 nitrogen and oxygen atoms in total. The van der Waals surface area contributed by atoms with Crippen molar-refractivity contribution in [2.45, 2.75) is 32.9 Å². The molecule has 0 fully saturated rings. The average Bonchev–Trinajstić information content (AvgIpc) is 3.10. The smallest absolute Gasteiger partial charge is 0.182 e. The summed E-state index contributed by atoms with van der Waals surface area (Å²) in [6.45, 7) is 9.17. The lowest BCUT2D eigenvalue weighted by atomic mass is 10.1. The fraction of sp³-hybridized carbons (Fsp3) is 0.217. The minimum absolute atomic E-state index is 0.188. The van der Waals surface area contributed by atoms with Crippen LogP contribution in [-0.2, 0) is 6.54 Å². The number of hydrogen-bond donors (Lipinski definition) is 2. The Labute approximate surface area is 187 Å². The Hall–Kier alpha value is -2.83. The monoisotopic (exact) mass is 442 g/mol. The third-order valence-electron chi connectivity index (χ3n) is 4.65. The summed E-state index contributed by atoms with van der Waals surface area (Å²) in [5.74, 6) is 0. The second-order valence-electron chi connectivity index (χ2n) is 6.75. The second kappa shape index (κ2) is 11.4. The molecule has 0 radical (unpaired) electrons. The minimum atomic E-state index is 0.188. The Morgan fingerprint density at radius 1 is 1.17 bits per heavy atom. The number of anilines is 3. The molecule has 1 atom stereocenters. The molecule has 30 heavy (non-hydrogen) atoms. The summed E-state index contributed by atoms with van der Waals surface area (Å²) in [4.78, 5) is 16.5. The van der Waals surface area contributed by atoms with Crippen LogP contribution in [0.1, 0.15) is 41.1 Å². The molecule has 1 unspecified atom stereocenters. The van der Waals surface area contributed by atoms with E-state index in [0.717, 1.165) is 35.6 Å². The summed E-state index contributed by atoms with van der Waals surface area (Å²) in [7, 11) is 0. The highest BCUT2D eigenvalue weighted by atomic mass is 35.5. The van der Waals surface area contributed by atoms with Crippen LogP contribution in [0.5, 0.6) is 0 Å². The van der Waals surface area contributed by atoms with E-state index in [-0.39, 0.29) is 5.15 Å². The molecule has 0 saturated heterocycles. The van der Waals surface area contributed by atoms with Crippen LogP contribution in [0.4, 0.5) is 16.5 Å². The van der Waals surface area contributed by atoms with E-state index in [0.29, 0.717) is 22.3 Å². The Morgan fingerprint density at radius 2 is 1.80 bits per heavy atom. The van der Waals surface area contributed by atoms with Gasteiger partial charge in [0.25, 0.3) is 0 Å². The van der Waals surface area contributed by atoms with Gasteiger partial charge in [0.1, 0.15) is 4.88 Å². The van der Waals surface area contributed by atoms with Crippen molar-refractivity contribution < 1.29 is 4.79 Å². The molecule has 0 aliphatic carbocycles. The highest BCUT2D eigenvalue weighted by Crippen LogP contribution is 2.23. The van der Waals surface area contributed by atoms with Crippen molar-refractivity contribution in [1.29, 1.82) is 0 Å². The number of hydrogen-bond acceptors (Lipinski definition) is 6. The number of nitrogens with zero attached hydrogens (tertiary/aromatic N) is 2. The van der Waals surface area contributed by atoms with Gasteiger partial charge in [0.2, 0.25) is 0 Å².